The van der Waals surface area contributed by atoms with Gasteiger partial charge >= 0.3 is 0 Å². The molecule has 0 unspecified atom stereocenters. The minimum atomic E-state index is -0.226. The van der Waals surface area contributed by atoms with Crippen molar-refractivity contribution in [2.75, 3.05) is 36.5 Å². The molecule has 1 aliphatic heterocycles. The summed E-state index contributed by atoms with van der Waals surface area (Å²) in [5.74, 6) is 1.11. The topological polar surface area (TPSA) is 50.3 Å². The van der Waals surface area contributed by atoms with E-state index < -0.39 is 0 Å². The first-order chi connectivity index (χ1) is 13.3. The van der Waals surface area contributed by atoms with Gasteiger partial charge in [0.05, 0.1) is 18.9 Å². The monoisotopic (exact) mass is 364 g/mol. The number of morpholine rings is 1. The van der Waals surface area contributed by atoms with Crippen LogP contribution in [0, 0.1) is 5.82 Å². The molecule has 0 bridgehead atoms. The fourth-order valence-electron chi connectivity index (χ4n) is 3.01. The van der Waals surface area contributed by atoms with E-state index in [0.29, 0.717) is 37.1 Å². The molecule has 5 nitrogen and oxygen atoms in total. The second-order valence-electron chi connectivity index (χ2n) is 6.35. The highest BCUT2D eigenvalue weighted by Gasteiger charge is 2.16. The fourth-order valence-corrected chi connectivity index (χ4v) is 3.01. The van der Waals surface area contributed by atoms with Crippen LogP contribution in [-0.4, -0.2) is 36.3 Å². The van der Waals surface area contributed by atoms with Crippen LogP contribution >= 0.6 is 0 Å². The van der Waals surface area contributed by atoms with Crippen LogP contribution in [0.5, 0.6) is 0 Å². The van der Waals surface area contributed by atoms with Crippen LogP contribution in [0.4, 0.5) is 16.2 Å². The number of halogens is 1. The largest absolute Gasteiger partial charge is 0.378 e. The maximum atomic E-state index is 13.9. The summed E-state index contributed by atoms with van der Waals surface area (Å²) >= 11 is 0. The van der Waals surface area contributed by atoms with Gasteiger partial charge in [-0.05, 0) is 6.07 Å². The predicted octanol–water partition coefficient (Wildman–Crippen LogP) is 3.73. The molecule has 2 heterocycles. The van der Waals surface area contributed by atoms with Crippen LogP contribution in [0.15, 0.2) is 60.7 Å². The second kappa shape index (κ2) is 8.14. The van der Waals surface area contributed by atoms with Gasteiger partial charge in [-0.1, -0.05) is 48.5 Å². The van der Waals surface area contributed by atoms with E-state index in [1.54, 1.807) is 12.1 Å². The summed E-state index contributed by atoms with van der Waals surface area (Å²) in [6.07, 6.45) is 0. The molecule has 3 aromatic rings. The Bertz CT molecular complexity index is 898. The number of ether oxygens (including phenoxy) is 1. The summed E-state index contributed by atoms with van der Waals surface area (Å²) in [7, 11) is 0. The van der Waals surface area contributed by atoms with E-state index in [9.17, 15) is 4.39 Å². The number of hydrogen-bond donors (Lipinski definition) is 1. The third-order valence-corrected chi connectivity index (χ3v) is 4.50. The minimum Gasteiger partial charge on any atom is -0.378 e. The van der Waals surface area contributed by atoms with E-state index in [2.05, 4.69) is 15.2 Å². The lowest BCUT2D eigenvalue weighted by molar-refractivity contribution is 0.122. The fraction of sp³-hybridized carbons (Fsp3) is 0.238. The van der Waals surface area contributed by atoms with E-state index >= 15 is 0 Å². The molecular weight excluding hydrogens is 343 g/mol. The molecule has 1 N–H and O–H groups in total. The van der Waals surface area contributed by atoms with Gasteiger partial charge in [-0.2, -0.15) is 4.98 Å². The Hall–Kier alpha value is -2.99. The van der Waals surface area contributed by atoms with E-state index in [1.807, 2.05) is 42.5 Å². The van der Waals surface area contributed by atoms with Crippen LogP contribution in [0.25, 0.3) is 11.3 Å². The molecule has 138 valence electrons. The number of aromatic nitrogens is 2. The predicted molar refractivity (Wildman–Crippen MR) is 104 cm³/mol. The zero-order valence-electron chi connectivity index (χ0n) is 14.9. The molecule has 0 radical (unpaired) electrons. The number of benzene rings is 2. The van der Waals surface area contributed by atoms with Crippen molar-refractivity contribution in [3.8, 4) is 11.3 Å². The Morgan fingerprint density at radius 1 is 0.963 bits per heavy atom. The third-order valence-electron chi connectivity index (χ3n) is 4.50. The highest BCUT2D eigenvalue weighted by molar-refractivity contribution is 5.64. The van der Waals surface area contributed by atoms with Crippen LogP contribution in [0.2, 0.25) is 0 Å². The smallest absolute Gasteiger partial charge is 0.228 e. The lowest BCUT2D eigenvalue weighted by atomic mass is 10.1. The van der Waals surface area contributed by atoms with Crippen LogP contribution in [-0.2, 0) is 11.3 Å². The first-order valence-electron chi connectivity index (χ1n) is 9.04. The van der Waals surface area contributed by atoms with Gasteiger partial charge in [-0.15, -0.1) is 0 Å². The molecule has 1 fully saturated rings. The van der Waals surface area contributed by atoms with Gasteiger partial charge in [-0.25, -0.2) is 9.37 Å². The van der Waals surface area contributed by atoms with Crippen molar-refractivity contribution in [3.05, 3.63) is 72.0 Å². The molecule has 6 heteroatoms. The maximum absolute atomic E-state index is 13.9. The van der Waals surface area contributed by atoms with E-state index in [1.165, 1.54) is 6.07 Å². The highest BCUT2D eigenvalue weighted by atomic mass is 19.1. The van der Waals surface area contributed by atoms with Crippen molar-refractivity contribution >= 4 is 11.8 Å². The Morgan fingerprint density at radius 2 is 1.70 bits per heavy atom. The van der Waals surface area contributed by atoms with Gasteiger partial charge in [0.1, 0.15) is 11.6 Å². The third kappa shape index (κ3) is 4.23. The molecule has 0 amide bonds. The van der Waals surface area contributed by atoms with Crippen LogP contribution in [0.1, 0.15) is 5.56 Å². The molecule has 1 aromatic heterocycles. The highest BCUT2D eigenvalue weighted by Crippen LogP contribution is 2.24. The summed E-state index contributed by atoms with van der Waals surface area (Å²) in [6.45, 7) is 3.20. The van der Waals surface area contributed by atoms with E-state index in [0.717, 1.165) is 24.3 Å². The van der Waals surface area contributed by atoms with Gasteiger partial charge < -0.3 is 15.0 Å². The van der Waals surface area contributed by atoms with Gasteiger partial charge in [0.25, 0.3) is 0 Å². The molecule has 0 atom stereocenters. The van der Waals surface area contributed by atoms with Crippen molar-refractivity contribution in [3.63, 3.8) is 0 Å². The number of nitrogens with zero attached hydrogens (tertiary/aromatic N) is 3. The Balaban J connectivity index is 1.64. The zero-order valence-corrected chi connectivity index (χ0v) is 14.9. The summed E-state index contributed by atoms with van der Waals surface area (Å²) in [6, 6.07) is 18.6. The summed E-state index contributed by atoms with van der Waals surface area (Å²) in [4.78, 5) is 11.5. The number of rotatable bonds is 5. The minimum absolute atomic E-state index is 0.226. The summed E-state index contributed by atoms with van der Waals surface area (Å²) in [5, 5.41) is 3.24. The summed E-state index contributed by atoms with van der Waals surface area (Å²) < 4.78 is 19.3. The molecule has 1 aliphatic rings. The number of anilines is 2. The van der Waals surface area contributed by atoms with Gasteiger partial charge in [0.15, 0.2) is 0 Å². The van der Waals surface area contributed by atoms with Crippen LogP contribution in [0.3, 0.4) is 0 Å². The quantitative estimate of drug-likeness (QED) is 0.748. The molecule has 0 spiro atoms. The Labute approximate surface area is 157 Å². The molecule has 27 heavy (non-hydrogen) atoms. The van der Waals surface area contributed by atoms with Crippen molar-refractivity contribution < 1.29 is 9.13 Å². The van der Waals surface area contributed by atoms with Gasteiger partial charge in [-0.3, -0.25) is 0 Å². The van der Waals surface area contributed by atoms with Crippen molar-refractivity contribution in [1.82, 2.24) is 9.97 Å². The van der Waals surface area contributed by atoms with Crippen molar-refractivity contribution in [2.24, 2.45) is 0 Å². The molecule has 2 aromatic carbocycles. The van der Waals surface area contributed by atoms with E-state index in [4.69, 9.17) is 9.72 Å². The van der Waals surface area contributed by atoms with Crippen LogP contribution < -0.4 is 10.2 Å². The standard InChI is InChI=1S/C21H21FN4O/c22-18-9-5-4-8-17(18)15-23-20-14-19(16-6-2-1-3-7-16)24-21(25-20)26-10-12-27-13-11-26/h1-9,14H,10-13,15H2,(H,23,24,25). The second-order valence-corrected chi connectivity index (χ2v) is 6.35. The average Bonchev–Trinajstić information content (AvgIpc) is 2.74. The first kappa shape index (κ1) is 17.4. The molecule has 4 rings (SSSR count). The van der Waals surface area contributed by atoms with Crippen molar-refractivity contribution in [1.29, 1.82) is 0 Å². The average molecular weight is 364 g/mol. The number of nitrogens with one attached hydrogen (secondary N) is 1. The Morgan fingerprint density at radius 3 is 2.48 bits per heavy atom. The Kier molecular flexibility index (Phi) is 5.25. The summed E-state index contributed by atoms with van der Waals surface area (Å²) in [5.41, 5.74) is 2.46. The van der Waals surface area contributed by atoms with E-state index in [-0.39, 0.29) is 5.82 Å². The molecule has 0 saturated carbocycles. The normalized spacial score (nSPS) is 14.2. The SMILES string of the molecule is Fc1ccccc1CNc1cc(-c2ccccc2)nc(N2CCOCC2)n1. The molecule has 0 aliphatic carbocycles. The zero-order chi connectivity index (χ0) is 18.5. The lowest BCUT2D eigenvalue weighted by Crippen LogP contribution is -2.37. The molecular formula is C21H21FN4O. The van der Waals surface area contributed by atoms with Gasteiger partial charge in [0, 0.05) is 36.8 Å². The first-order valence-corrected chi connectivity index (χ1v) is 9.04. The van der Waals surface area contributed by atoms with Gasteiger partial charge in [0.2, 0.25) is 5.95 Å². The van der Waals surface area contributed by atoms with Crippen molar-refractivity contribution in [2.45, 2.75) is 6.54 Å². The number of hydrogen-bond acceptors (Lipinski definition) is 5. The lowest BCUT2D eigenvalue weighted by Gasteiger charge is -2.27. The maximum Gasteiger partial charge on any atom is 0.228 e. The molecule has 1 saturated heterocycles.